The van der Waals surface area contributed by atoms with Gasteiger partial charge in [-0.1, -0.05) is 23.2 Å². The van der Waals surface area contributed by atoms with Crippen LogP contribution in [0, 0.1) is 0 Å². The first-order chi connectivity index (χ1) is 6.71. The standard InChI is InChI=1S/C4Cl2F6O3S/c5-3(6,10)1(7,8)2(9)4(11,12)16(13,14)15-2. The molecule has 1 unspecified atom stereocenters. The summed E-state index contributed by atoms with van der Waals surface area (Å²) in [5.74, 6) is -11.3. The van der Waals surface area contributed by atoms with E-state index in [4.69, 9.17) is 0 Å². The van der Waals surface area contributed by atoms with Crippen LogP contribution in [0.3, 0.4) is 0 Å². The average Bonchev–Trinajstić information content (AvgIpc) is 2.00. The van der Waals surface area contributed by atoms with Crippen LogP contribution in [-0.2, 0) is 14.3 Å². The first-order valence-corrected chi connectivity index (χ1v) is 5.33. The summed E-state index contributed by atoms with van der Waals surface area (Å²) in [5.41, 5.74) is 0. The highest BCUT2D eigenvalue weighted by Crippen LogP contribution is 2.62. The zero-order valence-electron chi connectivity index (χ0n) is 6.66. The minimum absolute atomic E-state index is 2.72. The average molecular weight is 313 g/mol. The number of rotatable bonds is 2. The Morgan fingerprint density at radius 3 is 1.62 bits per heavy atom. The summed E-state index contributed by atoms with van der Waals surface area (Å²) in [5, 5.41) is -5.66. The monoisotopic (exact) mass is 312 g/mol. The molecule has 96 valence electrons. The van der Waals surface area contributed by atoms with Gasteiger partial charge in [0.2, 0.25) is 0 Å². The van der Waals surface area contributed by atoms with E-state index >= 15 is 0 Å². The molecule has 0 aliphatic carbocycles. The number of hydrogen-bond donors (Lipinski definition) is 0. The van der Waals surface area contributed by atoms with Gasteiger partial charge in [0.25, 0.3) is 0 Å². The van der Waals surface area contributed by atoms with Gasteiger partial charge >= 0.3 is 31.7 Å². The summed E-state index contributed by atoms with van der Waals surface area (Å²) in [6.45, 7) is 0. The fraction of sp³-hybridized carbons (Fsp3) is 1.00. The van der Waals surface area contributed by atoms with Crippen LogP contribution in [0.5, 0.6) is 0 Å². The Hall–Kier alpha value is 0.0700. The topological polar surface area (TPSA) is 43.4 Å². The van der Waals surface area contributed by atoms with Gasteiger partial charge in [-0.15, -0.1) is 0 Å². The molecular formula is C4Cl2F6O3S. The van der Waals surface area contributed by atoms with Crippen LogP contribution in [0.1, 0.15) is 0 Å². The molecule has 0 aromatic heterocycles. The molecule has 1 aliphatic rings. The maximum atomic E-state index is 12.9. The maximum Gasteiger partial charge on any atom is 0.434 e. The summed E-state index contributed by atoms with van der Waals surface area (Å²) < 4.78 is 94.2. The van der Waals surface area contributed by atoms with Gasteiger partial charge < -0.3 is 0 Å². The molecule has 1 rings (SSSR count). The van der Waals surface area contributed by atoms with Crippen LogP contribution in [0.4, 0.5) is 26.3 Å². The molecule has 0 aromatic carbocycles. The molecule has 1 saturated heterocycles. The van der Waals surface area contributed by atoms with E-state index in [0.717, 1.165) is 0 Å². The third-order valence-electron chi connectivity index (χ3n) is 1.67. The summed E-state index contributed by atoms with van der Waals surface area (Å²) in [4.78, 5) is 0. The zero-order valence-corrected chi connectivity index (χ0v) is 8.99. The Kier molecular flexibility index (Phi) is 2.73. The van der Waals surface area contributed by atoms with Gasteiger partial charge in [-0.25, -0.2) is 8.57 Å². The van der Waals surface area contributed by atoms with Crippen LogP contribution in [0.25, 0.3) is 0 Å². The predicted octanol–water partition coefficient (Wildman–Crippen LogP) is 2.34. The lowest BCUT2D eigenvalue weighted by molar-refractivity contribution is -0.348. The second-order valence-electron chi connectivity index (χ2n) is 2.72. The van der Waals surface area contributed by atoms with Crippen LogP contribution in [0.15, 0.2) is 0 Å². The highest BCUT2D eigenvalue weighted by Gasteiger charge is 2.92. The van der Waals surface area contributed by atoms with Gasteiger partial charge in [-0.05, 0) is 0 Å². The van der Waals surface area contributed by atoms with Crippen molar-refractivity contribution in [3.05, 3.63) is 0 Å². The van der Waals surface area contributed by atoms with Gasteiger partial charge in [0.15, 0.2) is 0 Å². The lowest BCUT2D eigenvalue weighted by Crippen LogP contribution is -2.75. The number of halogens is 8. The molecule has 12 heteroatoms. The number of alkyl halides is 8. The maximum absolute atomic E-state index is 12.9. The van der Waals surface area contributed by atoms with E-state index in [9.17, 15) is 34.8 Å². The molecule has 1 aliphatic heterocycles. The van der Waals surface area contributed by atoms with Crippen molar-refractivity contribution in [3.63, 3.8) is 0 Å². The number of hydrogen-bond acceptors (Lipinski definition) is 3. The van der Waals surface area contributed by atoms with Crippen molar-refractivity contribution in [3.8, 4) is 0 Å². The van der Waals surface area contributed by atoms with E-state index in [1.54, 1.807) is 0 Å². The molecule has 1 fully saturated rings. The van der Waals surface area contributed by atoms with Crippen molar-refractivity contribution in [2.24, 2.45) is 0 Å². The van der Waals surface area contributed by atoms with Crippen LogP contribution >= 0.6 is 23.2 Å². The molecule has 0 bridgehead atoms. The molecule has 0 N–H and O–H groups in total. The Bertz CT molecular complexity index is 416. The quantitative estimate of drug-likeness (QED) is 0.446. The van der Waals surface area contributed by atoms with Crippen molar-refractivity contribution in [1.29, 1.82) is 0 Å². The summed E-state index contributed by atoms with van der Waals surface area (Å²) in [6.07, 6.45) is 0. The van der Waals surface area contributed by atoms with Crippen LogP contribution < -0.4 is 0 Å². The SMILES string of the molecule is O=S1(=O)OC(F)(C(F)(F)C(F)(Cl)Cl)C1(F)F. The Balaban J connectivity index is 3.28. The van der Waals surface area contributed by atoms with Crippen molar-refractivity contribution in [2.45, 2.75) is 21.6 Å². The Labute approximate surface area is 94.4 Å². The first-order valence-electron chi connectivity index (χ1n) is 3.17. The molecule has 0 aromatic rings. The highest BCUT2D eigenvalue weighted by atomic mass is 35.5. The molecule has 0 spiro atoms. The van der Waals surface area contributed by atoms with Crippen LogP contribution in [0.2, 0.25) is 0 Å². The molecule has 0 saturated carbocycles. The highest BCUT2D eigenvalue weighted by molar-refractivity contribution is 7.89. The molecule has 1 atom stereocenters. The molecule has 3 nitrogen and oxygen atoms in total. The summed E-state index contributed by atoms with van der Waals surface area (Å²) in [7, 11) is -5.88. The van der Waals surface area contributed by atoms with Gasteiger partial charge in [0.05, 0.1) is 0 Å². The largest absolute Gasteiger partial charge is 0.434 e. The van der Waals surface area contributed by atoms with Crippen molar-refractivity contribution in [1.82, 2.24) is 0 Å². The summed E-state index contributed by atoms with van der Waals surface area (Å²) in [6, 6.07) is 0. The fourth-order valence-corrected chi connectivity index (χ4v) is 2.03. The third-order valence-corrected chi connectivity index (χ3v) is 3.49. The molecular weight excluding hydrogens is 313 g/mol. The Morgan fingerprint density at radius 2 is 1.44 bits per heavy atom. The summed E-state index contributed by atoms with van der Waals surface area (Å²) >= 11 is 8.29. The third kappa shape index (κ3) is 1.36. The predicted molar refractivity (Wildman–Crippen MR) is 39.3 cm³/mol. The normalized spacial score (nSPS) is 33.2. The lowest BCUT2D eigenvalue weighted by atomic mass is 10.1. The Morgan fingerprint density at radius 1 is 1.06 bits per heavy atom. The van der Waals surface area contributed by atoms with E-state index in [0.29, 0.717) is 0 Å². The minimum Gasteiger partial charge on any atom is -0.211 e. The van der Waals surface area contributed by atoms with E-state index < -0.39 is 31.7 Å². The van der Waals surface area contributed by atoms with E-state index in [1.165, 1.54) is 0 Å². The van der Waals surface area contributed by atoms with Gasteiger partial charge in [0.1, 0.15) is 0 Å². The lowest BCUT2D eigenvalue weighted by Gasteiger charge is -2.45. The van der Waals surface area contributed by atoms with Crippen LogP contribution in [-0.4, -0.2) is 30.0 Å². The smallest absolute Gasteiger partial charge is 0.211 e. The van der Waals surface area contributed by atoms with Crippen molar-refractivity contribution < 1.29 is 38.9 Å². The first kappa shape index (κ1) is 14.1. The molecule has 1 heterocycles. The van der Waals surface area contributed by atoms with Gasteiger partial charge in [0, 0.05) is 0 Å². The fourth-order valence-electron chi connectivity index (χ4n) is 0.796. The van der Waals surface area contributed by atoms with Crippen molar-refractivity contribution in [2.75, 3.05) is 0 Å². The van der Waals surface area contributed by atoms with Gasteiger partial charge in [-0.2, -0.15) is 30.4 Å². The van der Waals surface area contributed by atoms with Gasteiger partial charge in [-0.3, -0.25) is 0 Å². The van der Waals surface area contributed by atoms with Crippen molar-refractivity contribution >= 4 is 33.3 Å². The van der Waals surface area contributed by atoms with E-state index in [-0.39, 0.29) is 0 Å². The molecule has 16 heavy (non-hydrogen) atoms. The second kappa shape index (κ2) is 3.09. The zero-order chi connectivity index (χ0) is 13.2. The molecule has 0 radical (unpaired) electrons. The van der Waals surface area contributed by atoms with E-state index in [2.05, 4.69) is 27.4 Å². The molecule has 0 amide bonds. The van der Waals surface area contributed by atoms with E-state index in [1.807, 2.05) is 0 Å². The minimum atomic E-state index is -5.88. The second-order valence-corrected chi connectivity index (χ2v) is 5.54.